The Morgan fingerprint density at radius 1 is 0.964 bits per heavy atom. The minimum atomic E-state index is -0.552. The van der Waals surface area contributed by atoms with Crippen molar-refractivity contribution in [1.29, 1.82) is 0 Å². The topological polar surface area (TPSA) is 32.8 Å². The first-order valence-corrected chi connectivity index (χ1v) is 10.1. The summed E-state index contributed by atoms with van der Waals surface area (Å²) in [6, 6.07) is 18.2. The number of ether oxygens (including phenoxy) is 1. The van der Waals surface area contributed by atoms with Crippen LogP contribution in [0.15, 0.2) is 54.6 Å². The molecule has 1 atom stereocenters. The van der Waals surface area contributed by atoms with Gasteiger partial charge in [-0.2, -0.15) is 0 Å². The van der Waals surface area contributed by atoms with Gasteiger partial charge in [-0.25, -0.2) is 0 Å². The van der Waals surface area contributed by atoms with Crippen LogP contribution in [0, 0.1) is 0 Å². The molecule has 1 unspecified atom stereocenters. The van der Waals surface area contributed by atoms with Gasteiger partial charge in [-0.1, -0.05) is 37.3 Å². The molecule has 0 aliphatic heterocycles. The second-order valence-corrected chi connectivity index (χ2v) is 7.44. The van der Waals surface area contributed by atoms with Crippen molar-refractivity contribution in [2.24, 2.45) is 0 Å². The molecule has 0 radical (unpaired) electrons. The Kier molecular flexibility index (Phi) is 8.21. The van der Waals surface area contributed by atoms with E-state index in [0.717, 1.165) is 30.8 Å². The Morgan fingerprint density at radius 3 is 2.14 bits per heavy atom. The lowest BCUT2D eigenvalue weighted by Crippen LogP contribution is -2.52. The fourth-order valence-electron chi connectivity index (χ4n) is 3.59. The Balaban J connectivity index is 2.22. The molecule has 0 aliphatic carbocycles. The van der Waals surface area contributed by atoms with Crippen molar-refractivity contribution in [2.45, 2.75) is 32.2 Å². The lowest BCUT2D eigenvalue weighted by Gasteiger charge is -2.38. The van der Waals surface area contributed by atoms with Crippen molar-refractivity contribution < 1.29 is 9.53 Å². The number of Topliss-reactive ketones (excluding diaryl/α,β-unsaturated/α-hetero) is 1. The molecule has 2 aromatic carbocycles. The Labute approximate surface area is 170 Å². The number of nitrogens with zero attached hydrogens (tertiary/aromatic N) is 2. The monoisotopic (exact) mass is 382 g/mol. The maximum Gasteiger partial charge on any atom is 0.183 e. The highest BCUT2D eigenvalue weighted by Gasteiger charge is 2.39. The maximum absolute atomic E-state index is 13.6. The van der Waals surface area contributed by atoms with Gasteiger partial charge in [0.05, 0.1) is 12.1 Å². The molecule has 152 valence electrons. The highest BCUT2D eigenvalue weighted by molar-refractivity contribution is 6.03. The standard InChI is InChI=1S/C24H34N2O2/c1-6-24(25(3)4,19-20-11-9-8-10-12-20)23(27)21-13-15-22(16-14-21)26(5)17-18-28-7-2/h8-16H,6-7,17-19H2,1-5H3. The molecule has 0 heterocycles. The highest BCUT2D eigenvalue weighted by Crippen LogP contribution is 2.28. The Morgan fingerprint density at radius 2 is 1.61 bits per heavy atom. The van der Waals surface area contributed by atoms with E-state index < -0.39 is 5.54 Å². The zero-order valence-electron chi connectivity index (χ0n) is 17.9. The minimum absolute atomic E-state index is 0.173. The average molecular weight is 383 g/mol. The number of rotatable bonds is 11. The summed E-state index contributed by atoms with van der Waals surface area (Å²) in [4.78, 5) is 17.8. The van der Waals surface area contributed by atoms with Gasteiger partial charge in [0.25, 0.3) is 0 Å². The predicted molar refractivity (Wildman–Crippen MR) is 117 cm³/mol. The molecule has 0 saturated carbocycles. The molecule has 0 bridgehead atoms. The van der Waals surface area contributed by atoms with Crippen LogP contribution in [0.25, 0.3) is 0 Å². The molecule has 4 heteroatoms. The summed E-state index contributed by atoms with van der Waals surface area (Å²) in [6.07, 6.45) is 1.45. The third kappa shape index (κ3) is 5.21. The van der Waals surface area contributed by atoms with Crippen molar-refractivity contribution in [3.63, 3.8) is 0 Å². The number of benzene rings is 2. The van der Waals surface area contributed by atoms with Gasteiger partial charge in [0.1, 0.15) is 0 Å². The number of carbonyl (C=O) groups is 1. The number of anilines is 1. The SMILES string of the molecule is CCOCCN(C)c1ccc(C(=O)C(CC)(Cc2ccccc2)N(C)C)cc1. The Hall–Kier alpha value is -2.17. The van der Waals surface area contributed by atoms with Crippen LogP contribution in [0.3, 0.4) is 0 Å². The van der Waals surface area contributed by atoms with Gasteiger partial charge in [-0.15, -0.1) is 0 Å². The molecular formula is C24H34N2O2. The molecule has 0 fully saturated rings. The second kappa shape index (κ2) is 10.4. The van der Waals surface area contributed by atoms with Crippen molar-refractivity contribution >= 4 is 11.5 Å². The van der Waals surface area contributed by atoms with Crippen LogP contribution in [-0.4, -0.2) is 57.1 Å². The van der Waals surface area contributed by atoms with Crippen molar-refractivity contribution in [3.05, 3.63) is 65.7 Å². The fourth-order valence-corrected chi connectivity index (χ4v) is 3.59. The van der Waals surface area contributed by atoms with E-state index >= 15 is 0 Å². The molecule has 0 N–H and O–H groups in total. The normalized spacial score (nSPS) is 13.4. The minimum Gasteiger partial charge on any atom is -0.380 e. The van der Waals surface area contributed by atoms with Gasteiger partial charge in [0, 0.05) is 31.5 Å². The van der Waals surface area contributed by atoms with Gasteiger partial charge in [0.2, 0.25) is 0 Å². The van der Waals surface area contributed by atoms with Crippen LogP contribution in [0.5, 0.6) is 0 Å². The lowest BCUT2D eigenvalue weighted by molar-refractivity contribution is 0.0666. The van der Waals surface area contributed by atoms with E-state index in [0.29, 0.717) is 13.0 Å². The van der Waals surface area contributed by atoms with Crippen LogP contribution in [-0.2, 0) is 11.2 Å². The number of carbonyl (C=O) groups excluding carboxylic acids is 1. The number of hydrogen-bond donors (Lipinski definition) is 0. The van der Waals surface area contributed by atoms with Crippen molar-refractivity contribution in [2.75, 3.05) is 45.8 Å². The summed E-state index contributed by atoms with van der Waals surface area (Å²) in [7, 11) is 6.04. The largest absolute Gasteiger partial charge is 0.380 e. The van der Waals surface area contributed by atoms with Crippen LogP contribution in [0.2, 0.25) is 0 Å². The molecule has 2 aromatic rings. The first-order chi connectivity index (χ1) is 13.4. The molecule has 2 rings (SSSR count). The van der Waals surface area contributed by atoms with E-state index in [-0.39, 0.29) is 5.78 Å². The average Bonchev–Trinajstić information content (AvgIpc) is 2.72. The summed E-state index contributed by atoms with van der Waals surface area (Å²) in [5.41, 5.74) is 2.47. The summed E-state index contributed by atoms with van der Waals surface area (Å²) >= 11 is 0. The van der Waals surface area contributed by atoms with Crippen LogP contribution in [0.1, 0.15) is 36.2 Å². The van der Waals surface area contributed by atoms with Crippen molar-refractivity contribution in [1.82, 2.24) is 4.90 Å². The van der Waals surface area contributed by atoms with E-state index in [4.69, 9.17) is 4.74 Å². The lowest BCUT2D eigenvalue weighted by atomic mass is 9.80. The molecular weight excluding hydrogens is 348 g/mol. The van der Waals surface area contributed by atoms with Gasteiger partial charge in [-0.05, 0) is 63.7 Å². The highest BCUT2D eigenvalue weighted by atomic mass is 16.5. The quantitative estimate of drug-likeness (QED) is 0.429. The number of hydrogen-bond acceptors (Lipinski definition) is 4. The number of likely N-dealkylation sites (N-methyl/N-ethyl adjacent to an activating group) is 2. The van der Waals surface area contributed by atoms with Gasteiger partial charge >= 0.3 is 0 Å². The zero-order valence-corrected chi connectivity index (χ0v) is 17.9. The molecule has 0 aromatic heterocycles. The molecule has 0 spiro atoms. The van der Waals surface area contributed by atoms with Crippen LogP contribution in [0.4, 0.5) is 5.69 Å². The van der Waals surface area contributed by atoms with Crippen LogP contribution < -0.4 is 4.90 Å². The predicted octanol–water partition coefficient (Wildman–Crippen LogP) is 4.30. The Bertz CT molecular complexity index is 728. The fraction of sp³-hybridized carbons (Fsp3) is 0.458. The van der Waals surface area contributed by atoms with Gasteiger partial charge < -0.3 is 9.64 Å². The first kappa shape index (κ1) is 22.1. The summed E-state index contributed by atoms with van der Waals surface area (Å²) in [5, 5.41) is 0. The van der Waals surface area contributed by atoms with Gasteiger partial charge in [0.15, 0.2) is 5.78 Å². The smallest absolute Gasteiger partial charge is 0.183 e. The first-order valence-electron chi connectivity index (χ1n) is 10.1. The zero-order chi connectivity index (χ0) is 20.6. The summed E-state index contributed by atoms with van der Waals surface area (Å²) in [5.74, 6) is 0.173. The second-order valence-electron chi connectivity index (χ2n) is 7.44. The van der Waals surface area contributed by atoms with E-state index in [9.17, 15) is 4.79 Å². The third-order valence-corrected chi connectivity index (χ3v) is 5.55. The van der Waals surface area contributed by atoms with Gasteiger partial charge in [-0.3, -0.25) is 9.69 Å². The molecule has 0 aliphatic rings. The maximum atomic E-state index is 13.6. The van der Waals surface area contributed by atoms with E-state index in [1.807, 2.05) is 70.5 Å². The van der Waals surface area contributed by atoms with Crippen molar-refractivity contribution in [3.8, 4) is 0 Å². The van der Waals surface area contributed by atoms with E-state index in [1.165, 1.54) is 5.56 Å². The molecule has 0 saturated heterocycles. The van der Waals surface area contributed by atoms with Crippen LogP contribution >= 0.6 is 0 Å². The molecule has 0 amide bonds. The van der Waals surface area contributed by atoms with E-state index in [1.54, 1.807) is 0 Å². The summed E-state index contributed by atoms with van der Waals surface area (Å²) < 4.78 is 5.43. The summed E-state index contributed by atoms with van der Waals surface area (Å²) in [6.45, 7) is 6.35. The molecule has 28 heavy (non-hydrogen) atoms. The molecule has 4 nitrogen and oxygen atoms in total. The number of ketones is 1. The van der Waals surface area contributed by atoms with E-state index in [2.05, 4.69) is 28.9 Å². The third-order valence-electron chi connectivity index (χ3n) is 5.55.